The third kappa shape index (κ3) is 7.87. The normalized spacial score (nSPS) is 12.6. The van der Waals surface area contributed by atoms with Crippen molar-refractivity contribution in [2.75, 3.05) is 59.4 Å². The van der Waals surface area contributed by atoms with E-state index >= 15 is 0 Å². The fourth-order valence-electron chi connectivity index (χ4n) is 1.84. The first-order valence-corrected chi connectivity index (χ1v) is 7.02. The summed E-state index contributed by atoms with van der Waals surface area (Å²) in [6.07, 6.45) is -0.573. The van der Waals surface area contributed by atoms with Gasteiger partial charge >= 0.3 is 0 Å². The SMILES string of the molecule is COCCN(CCOC)CC(O)COc1ccc(N)cc1. The van der Waals surface area contributed by atoms with Gasteiger partial charge in [0.25, 0.3) is 0 Å². The van der Waals surface area contributed by atoms with E-state index in [-0.39, 0.29) is 6.61 Å². The van der Waals surface area contributed by atoms with Crippen LogP contribution >= 0.6 is 0 Å². The van der Waals surface area contributed by atoms with Gasteiger partial charge in [0.1, 0.15) is 18.5 Å². The number of nitrogen functional groups attached to an aromatic ring is 1. The molecule has 1 aromatic carbocycles. The fraction of sp³-hybridized carbons (Fsp3) is 0.600. The Morgan fingerprint density at radius 2 is 1.67 bits per heavy atom. The molecule has 6 nitrogen and oxygen atoms in total. The minimum atomic E-state index is -0.573. The second-order valence-electron chi connectivity index (χ2n) is 4.82. The molecule has 0 radical (unpaired) electrons. The van der Waals surface area contributed by atoms with Gasteiger partial charge in [-0.2, -0.15) is 0 Å². The van der Waals surface area contributed by atoms with Crippen LogP contribution < -0.4 is 10.5 Å². The lowest BCUT2D eigenvalue weighted by Gasteiger charge is -2.24. The number of rotatable bonds is 11. The predicted molar refractivity (Wildman–Crippen MR) is 82.5 cm³/mol. The molecule has 0 saturated heterocycles. The van der Waals surface area contributed by atoms with Crippen LogP contribution in [0.25, 0.3) is 0 Å². The van der Waals surface area contributed by atoms with E-state index in [1.54, 1.807) is 38.5 Å². The topological polar surface area (TPSA) is 77.2 Å². The first-order chi connectivity index (χ1) is 10.2. The first-order valence-electron chi connectivity index (χ1n) is 7.02. The zero-order valence-electron chi connectivity index (χ0n) is 12.8. The molecule has 0 aliphatic carbocycles. The number of benzene rings is 1. The van der Waals surface area contributed by atoms with E-state index in [9.17, 15) is 5.11 Å². The van der Waals surface area contributed by atoms with E-state index in [1.807, 2.05) is 0 Å². The second-order valence-corrected chi connectivity index (χ2v) is 4.82. The van der Waals surface area contributed by atoms with E-state index in [0.29, 0.717) is 31.2 Å². The molecule has 0 heterocycles. The zero-order chi connectivity index (χ0) is 15.5. The minimum Gasteiger partial charge on any atom is -0.491 e. The Morgan fingerprint density at radius 3 is 2.19 bits per heavy atom. The summed E-state index contributed by atoms with van der Waals surface area (Å²) in [5, 5.41) is 10.1. The maximum Gasteiger partial charge on any atom is 0.119 e. The molecular weight excluding hydrogens is 272 g/mol. The van der Waals surface area contributed by atoms with Gasteiger partial charge in [-0.1, -0.05) is 0 Å². The quantitative estimate of drug-likeness (QED) is 0.583. The van der Waals surface area contributed by atoms with Crippen LogP contribution in [-0.4, -0.2) is 69.8 Å². The summed E-state index contributed by atoms with van der Waals surface area (Å²) in [4.78, 5) is 2.09. The molecule has 1 unspecified atom stereocenters. The third-order valence-corrected chi connectivity index (χ3v) is 3.01. The van der Waals surface area contributed by atoms with Gasteiger partial charge in [-0.3, -0.25) is 4.90 Å². The number of aliphatic hydroxyl groups excluding tert-OH is 1. The Kier molecular flexibility index (Phi) is 8.77. The Labute approximate surface area is 126 Å². The summed E-state index contributed by atoms with van der Waals surface area (Å²) in [6.45, 7) is 3.49. The van der Waals surface area contributed by atoms with Crippen molar-refractivity contribution < 1.29 is 19.3 Å². The molecule has 21 heavy (non-hydrogen) atoms. The average molecular weight is 298 g/mol. The van der Waals surface area contributed by atoms with Crippen molar-refractivity contribution in [3.63, 3.8) is 0 Å². The number of hydrogen-bond acceptors (Lipinski definition) is 6. The van der Waals surface area contributed by atoms with Gasteiger partial charge in [-0.05, 0) is 24.3 Å². The lowest BCUT2D eigenvalue weighted by atomic mass is 10.3. The van der Waals surface area contributed by atoms with E-state index < -0.39 is 6.10 Å². The van der Waals surface area contributed by atoms with Crippen molar-refractivity contribution in [1.82, 2.24) is 4.90 Å². The fourth-order valence-corrected chi connectivity index (χ4v) is 1.84. The number of hydrogen-bond donors (Lipinski definition) is 2. The van der Waals surface area contributed by atoms with E-state index in [2.05, 4.69) is 4.90 Å². The molecule has 1 rings (SSSR count). The van der Waals surface area contributed by atoms with Crippen molar-refractivity contribution in [1.29, 1.82) is 0 Å². The first kappa shape index (κ1) is 17.7. The summed E-state index contributed by atoms with van der Waals surface area (Å²) in [5.74, 6) is 0.698. The highest BCUT2D eigenvalue weighted by Crippen LogP contribution is 2.13. The highest BCUT2D eigenvalue weighted by Gasteiger charge is 2.12. The lowest BCUT2D eigenvalue weighted by molar-refractivity contribution is 0.0460. The van der Waals surface area contributed by atoms with Crippen LogP contribution in [-0.2, 0) is 9.47 Å². The van der Waals surface area contributed by atoms with E-state index in [1.165, 1.54) is 0 Å². The van der Waals surface area contributed by atoms with Gasteiger partial charge in [0, 0.05) is 39.5 Å². The number of methoxy groups -OCH3 is 2. The monoisotopic (exact) mass is 298 g/mol. The van der Waals surface area contributed by atoms with Crippen LogP contribution in [0.5, 0.6) is 5.75 Å². The summed E-state index contributed by atoms with van der Waals surface area (Å²) < 4.78 is 15.7. The summed E-state index contributed by atoms with van der Waals surface area (Å²) in [6, 6.07) is 7.11. The van der Waals surface area contributed by atoms with E-state index in [0.717, 1.165) is 13.1 Å². The Morgan fingerprint density at radius 1 is 1.10 bits per heavy atom. The minimum absolute atomic E-state index is 0.236. The van der Waals surface area contributed by atoms with Gasteiger partial charge < -0.3 is 25.1 Å². The Hall–Kier alpha value is -1.34. The van der Waals surface area contributed by atoms with Crippen molar-refractivity contribution in [3.8, 4) is 5.75 Å². The molecule has 0 aliphatic heterocycles. The molecule has 1 aromatic rings. The van der Waals surface area contributed by atoms with Crippen molar-refractivity contribution in [2.24, 2.45) is 0 Å². The average Bonchev–Trinajstić information content (AvgIpc) is 2.49. The number of nitrogens with two attached hydrogens (primary N) is 1. The number of nitrogens with zero attached hydrogens (tertiary/aromatic N) is 1. The number of ether oxygens (including phenoxy) is 3. The van der Waals surface area contributed by atoms with Crippen LogP contribution in [0, 0.1) is 0 Å². The molecule has 0 amide bonds. The molecule has 6 heteroatoms. The second kappa shape index (κ2) is 10.4. The highest BCUT2D eigenvalue weighted by atomic mass is 16.5. The van der Waals surface area contributed by atoms with Crippen LogP contribution in [0.1, 0.15) is 0 Å². The molecule has 0 aliphatic rings. The van der Waals surface area contributed by atoms with Crippen molar-refractivity contribution in [2.45, 2.75) is 6.10 Å². The molecule has 1 atom stereocenters. The Bertz CT molecular complexity index is 364. The summed E-state index contributed by atoms with van der Waals surface area (Å²) in [7, 11) is 3.32. The van der Waals surface area contributed by atoms with Crippen LogP contribution in [0.3, 0.4) is 0 Å². The molecule has 0 saturated carbocycles. The van der Waals surface area contributed by atoms with Crippen LogP contribution in [0.2, 0.25) is 0 Å². The largest absolute Gasteiger partial charge is 0.491 e. The van der Waals surface area contributed by atoms with Gasteiger partial charge in [-0.25, -0.2) is 0 Å². The summed E-state index contributed by atoms with van der Waals surface area (Å²) >= 11 is 0. The van der Waals surface area contributed by atoms with Crippen LogP contribution in [0.4, 0.5) is 5.69 Å². The molecule has 0 spiro atoms. The smallest absolute Gasteiger partial charge is 0.119 e. The molecular formula is C15H26N2O4. The van der Waals surface area contributed by atoms with Crippen LogP contribution in [0.15, 0.2) is 24.3 Å². The number of anilines is 1. The molecule has 3 N–H and O–H groups in total. The molecule has 0 aromatic heterocycles. The standard InChI is InChI=1S/C15H26N2O4/c1-19-9-7-17(8-10-20-2)11-14(18)12-21-15-5-3-13(16)4-6-15/h3-6,14,18H,7-12,16H2,1-2H3. The van der Waals surface area contributed by atoms with Gasteiger partial charge in [-0.15, -0.1) is 0 Å². The molecule has 0 fully saturated rings. The Balaban J connectivity index is 2.34. The third-order valence-electron chi connectivity index (χ3n) is 3.01. The summed E-state index contributed by atoms with van der Waals surface area (Å²) in [5.41, 5.74) is 6.29. The van der Waals surface area contributed by atoms with Gasteiger partial charge in [0.05, 0.1) is 13.2 Å². The van der Waals surface area contributed by atoms with E-state index in [4.69, 9.17) is 19.9 Å². The lowest BCUT2D eigenvalue weighted by Crippen LogP contribution is -2.39. The van der Waals surface area contributed by atoms with Gasteiger partial charge in [0.2, 0.25) is 0 Å². The van der Waals surface area contributed by atoms with Gasteiger partial charge in [0.15, 0.2) is 0 Å². The predicted octanol–water partition coefficient (Wildman–Crippen LogP) is 0.603. The highest BCUT2D eigenvalue weighted by molar-refractivity contribution is 5.41. The maximum absolute atomic E-state index is 10.1. The molecule has 0 bridgehead atoms. The molecule has 120 valence electrons. The van der Waals surface area contributed by atoms with Crippen molar-refractivity contribution in [3.05, 3.63) is 24.3 Å². The van der Waals surface area contributed by atoms with Crippen molar-refractivity contribution >= 4 is 5.69 Å². The number of aliphatic hydroxyl groups is 1. The maximum atomic E-state index is 10.1. The zero-order valence-corrected chi connectivity index (χ0v) is 12.8.